The lowest BCUT2D eigenvalue weighted by molar-refractivity contribution is 0.113. The molecule has 0 heterocycles. The number of benzene rings is 18. The Kier molecular flexibility index (Phi) is 33.8. The zero-order chi connectivity index (χ0) is 98.4. The van der Waals surface area contributed by atoms with Crippen molar-refractivity contribution in [3.05, 3.63) is 494 Å². The van der Waals surface area contributed by atoms with Crippen LogP contribution in [-0.4, -0.2) is 26.4 Å². The molecule has 0 radical (unpaired) electrons. The molecule has 0 bridgehead atoms. The van der Waals surface area contributed by atoms with Gasteiger partial charge in [0.15, 0.2) is 0 Å². The molecule has 144 heavy (non-hydrogen) atoms. The molecule has 8 heteroatoms. The van der Waals surface area contributed by atoms with Crippen LogP contribution in [0.15, 0.2) is 450 Å². The SMILES string of the molecule is C=Cc1ccc(OCCCCOCc2ccc(N(c3ccc(-c4ccc(-c5ccc(-c6ccc(N(c7ccccc7)c7ccc(CCCCCC)cc7)cc6)cc5)cc4)cc3)c3ccc(-c4ccc(N(c5ccc(COCCCCOc6ccc(C=C)cc6)cc5)c5ccc(-c6ccc(-c7ccc(-c8ccc(N(c9ccccc9)c9ccc(CCCCCC)cc9)cc8)cc7)cc6)cc5)cc4C)c(C)c3)cc2)cc1. The summed E-state index contributed by atoms with van der Waals surface area (Å²) in [5.74, 6) is 1.74. The second-order valence-corrected chi connectivity index (χ2v) is 37.6. The van der Waals surface area contributed by atoms with Crippen LogP contribution in [0.4, 0.5) is 68.2 Å². The zero-order valence-corrected chi connectivity index (χ0v) is 83.7. The lowest BCUT2D eigenvalue weighted by Crippen LogP contribution is -2.11. The van der Waals surface area contributed by atoms with Crippen molar-refractivity contribution < 1.29 is 18.9 Å². The molecule has 0 amide bonds. The molecule has 0 aromatic heterocycles. The summed E-state index contributed by atoms with van der Waals surface area (Å²) in [7, 11) is 0. The van der Waals surface area contributed by atoms with Gasteiger partial charge in [0.2, 0.25) is 0 Å². The summed E-state index contributed by atoms with van der Waals surface area (Å²) in [6.07, 6.45) is 19.6. The molecule has 0 aliphatic heterocycles. The average molecular weight is 1880 g/mol. The molecule has 0 saturated heterocycles. The van der Waals surface area contributed by atoms with Crippen LogP contribution in [0.25, 0.3) is 90.0 Å². The Morgan fingerprint density at radius 3 is 0.681 bits per heavy atom. The van der Waals surface area contributed by atoms with Crippen LogP contribution in [0.5, 0.6) is 11.5 Å². The molecule has 0 spiro atoms. The molecule has 0 N–H and O–H groups in total. The number of para-hydroxylation sites is 2. The second kappa shape index (κ2) is 49.5. The molecule has 0 unspecified atom stereocenters. The van der Waals surface area contributed by atoms with E-state index in [-0.39, 0.29) is 0 Å². The van der Waals surface area contributed by atoms with Crippen LogP contribution in [-0.2, 0) is 35.5 Å². The van der Waals surface area contributed by atoms with E-state index in [1.807, 2.05) is 60.7 Å². The van der Waals surface area contributed by atoms with E-state index in [2.05, 4.69) is 449 Å². The van der Waals surface area contributed by atoms with Crippen LogP contribution in [0, 0.1) is 13.8 Å². The number of hydrogen-bond acceptors (Lipinski definition) is 8. The third kappa shape index (κ3) is 25.5. The normalized spacial score (nSPS) is 11.2. The van der Waals surface area contributed by atoms with Crippen LogP contribution in [0.1, 0.15) is 135 Å². The number of unbranched alkanes of at least 4 members (excludes halogenated alkanes) is 8. The van der Waals surface area contributed by atoms with Gasteiger partial charge in [-0.15, -0.1) is 0 Å². The maximum atomic E-state index is 6.29. The van der Waals surface area contributed by atoms with Gasteiger partial charge in [-0.3, -0.25) is 0 Å². The fourth-order valence-corrected chi connectivity index (χ4v) is 19.1. The van der Waals surface area contributed by atoms with E-state index in [1.165, 1.54) is 129 Å². The number of ether oxygens (including phenoxy) is 4. The summed E-state index contributed by atoms with van der Waals surface area (Å²) in [4.78, 5) is 9.44. The van der Waals surface area contributed by atoms with Crippen molar-refractivity contribution in [2.24, 2.45) is 0 Å². The van der Waals surface area contributed by atoms with Gasteiger partial charge in [-0.1, -0.05) is 345 Å². The first-order valence-corrected chi connectivity index (χ1v) is 51.6. The third-order valence-electron chi connectivity index (χ3n) is 27.4. The average Bonchev–Trinajstić information content (AvgIpc) is 0.780. The smallest absolute Gasteiger partial charge is 0.119 e. The number of rotatable bonds is 47. The molecule has 0 aliphatic rings. The highest BCUT2D eigenvalue weighted by Crippen LogP contribution is 2.45. The Morgan fingerprint density at radius 1 is 0.208 bits per heavy atom. The standard InChI is InChI=1S/C136H130N4O4/c1-7-11-13-17-27-105-33-69-123(70-34-105)137(121-29-19-15-20-30-121)127-77-61-117(62-78-127)113-53-45-109(46-54-113)111-49-57-115(58-50-111)119-65-81-129(82-66-119)139(125-73-37-107(38-74-125)99-141-93-23-25-95-143-133-87-41-103(9-3)42-88-133)131-85-91-135(101(5)97-131)136-92-86-132(98-102(136)6)140(126-75-39-108(40-76-126)100-142-94-24-26-96-144-134-89-43-104(10-4)44-90-134)130-83-67-120(68-84-130)116-59-51-112(52-60-116)110-47-55-114(56-48-110)118-63-79-128(80-64-118)138(122-31-21-16-22-32-122)124-71-35-106(36-72-124)28-18-14-12-8-2/h9-10,15-16,19-22,29-92,97-98H,3-4,7-8,11-14,17-18,23-28,93-96,99-100H2,1-2,5-6H3. The molecule has 8 nitrogen and oxygen atoms in total. The fourth-order valence-electron chi connectivity index (χ4n) is 19.1. The van der Waals surface area contributed by atoms with E-state index < -0.39 is 0 Å². The molecule has 0 saturated carbocycles. The van der Waals surface area contributed by atoms with Gasteiger partial charge >= 0.3 is 0 Å². The first-order chi connectivity index (χ1) is 71.0. The molecule has 718 valence electrons. The largest absolute Gasteiger partial charge is 0.494 e. The van der Waals surface area contributed by atoms with Crippen LogP contribution < -0.4 is 29.1 Å². The number of hydrogen-bond donors (Lipinski definition) is 0. The predicted octanol–water partition coefficient (Wildman–Crippen LogP) is 38.1. The van der Waals surface area contributed by atoms with Crippen molar-refractivity contribution >= 4 is 80.4 Å². The minimum Gasteiger partial charge on any atom is -0.494 e. The summed E-state index contributed by atoms with van der Waals surface area (Å²) in [6, 6.07) is 159. The fraction of sp³-hybridized carbons (Fsp3) is 0.176. The maximum absolute atomic E-state index is 6.29. The molecular weight excluding hydrogens is 1750 g/mol. The molecule has 0 fully saturated rings. The van der Waals surface area contributed by atoms with Gasteiger partial charge in [-0.2, -0.15) is 0 Å². The van der Waals surface area contributed by atoms with Crippen molar-refractivity contribution in [1.82, 2.24) is 0 Å². The van der Waals surface area contributed by atoms with Gasteiger partial charge in [0.1, 0.15) is 11.5 Å². The summed E-state index contributed by atoms with van der Waals surface area (Å²) in [5, 5.41) is 0. The topological polar surface area (TPSA) is 49.9 Å². The monoisotopic (exact) mass is 1880 g/mol. The molecule has 18 rings (SSSR count). The Bertz CT molecular complexity index is 6650. The van der Waals surface area contributed by atoms with Gasteiger partial charge in [0.25, 0.3) is 0 Å². The van der Waals surface area contributed by atoms with Crippen molar-refractivity contribution in [3.63, 3.8) is 0 Å². The number of nitrogens with zero attached hydrogens (tertiary/aromatic N) is 4. The highest BCUT2D eigenvalue weighted by Gasteiger charge is 2.22. The Balaban J connectivity index is 0.569. The maximum Gasteiger partial charge on any atom is 0.119 e. The molecule has 0 atom stereocenters. The van der Waals surface area contributed by atoms with Crippen molar-refractivity contribution in [2.45, 2.75) is 131 Å². The van der Waals surface area contributed by atoms with E-state index in [4.69, 9.17) is 18.9 Å². The van der Waals surface area contributed by atoms with Gasteiger partial charge in [-0.25, -0.2) is 0 Å². The quantitative estimate of drug-likeness (QED) is 0.0350. The Hall–Kier alpha value is -15.8. The summed E-state index contributed by atoms with van der Waals surface area (Å²) in [6.45, 7) is 20.4. The lowest BCUT2D eigenvalue weighted by atomic mass is 9.95. The summed E-state index contributed by atoms with van der Waals surface area (Å²) >= 11 is 0. The van der Waals surface area contributed by atoms with Crippen molar-refractivity contribution in [2.75, 3.05) is 46.0 Å². The van der Waals surface area contributed by atoms with Crippen LogP contribution >= 0.6 is 0 Å². The van der Waals surface area contributed by atoms with Gasteiger partial charge in [0, 0.05) is 81.5 Å². The van der Waals surface area contributed by atoms with Gasteiger partial charge in [0.05, 0.1) is 26.4 Å². The van der Waals surface area contributed by atoms with E-state index in [0.29, 0.717) is 39.6 Å². The minimum atomic E-state index is 0.517. The second-order valence-electron chi connectivity index (χ2n) is 37.6. The Labute approximate surface area is 854 Å². The van der Waals surface area contributed by atoms with Gasteiger partial charge in [-0.05, 0) is 357 Å². The van der Waals surface area contributed by atoms with Crippen molar-refractivity contribution in [1.29, 1.82) is 0 Å². The number of anilines is 12. The molecule has 0 aliphatic carbocycles. The Morgan fingerprint density at radius 2 is 0.431 bits per heavy atom. The van der Waals surface area contributed by atoms with Crippen LogP contribution in [0.3, 0.4) is 0 Å². The van der Waals surface area contributed by atoms with Crippen molar-refractivity contribution in [3.8, 4) is 89.4 Å². The van der Waals surface area contributed by atoms with E-state index in [1.54, 1.807) is 0 Å². The molecule has 18 aromatic rings. The van der Waals surface area contributed by atoms with Crippen LogP contribution in [0.2, 0.25) is 0 Å². The first kappa shape index (κ1) is 98.3. The highest BCUT2D eigenvalue weighted by atomic mass is 16.5. The molecule has 18 aromatic carbocycles. The summed E-state index contributed by atoms with van der Waals surface area (Å²) < 4.78 is 24.6. The third-order valence-corrected chi connectivity index (χ3v) is 27.4. The lowest BCUT2D eigenvalue weighted by Gasteiger charge is -2.28. The summed E-state index contributed by atoms with van der Waals surface area (Å²) in [5.41, 5.74) is 39.0. The van der Waals surface area contributed by atoms with Gasteiger partial charge < -0.3 is 38.5 Å². The minimum absolute atomic E-state index is 0.517. The van der Waals surface area contributed by atoms with E-state index in [9.17, 15) is 0 Å². The predicted molar refractivity (Wildman–Crippen MR) is 610 cm³/mol. The number of aryl methyl sites for hydroxylation is 4. The molecular formula is C136H130N4O4. The zero-order valence-electron chi connectivity index (χ0n) is 83.7. The highest BCUT2D eigenvalue weighted by molar-refractivity contribution is 5.87. The first-order valence-electron chi connectivity index (χ1n) is 51.6. The van der Waals surface area contributed by atoms with E-state index in [0.717, 1.165) is 163 Å². The van der Waals surface area contributed by atoms with E-state index >= 15 is 0 Å².